The molecule has 0 amide bonds. The lowest BCUT2D eigenvalue weighted by Gasteiger charge is -2.00. The lowest BCUT2D eigenvalue weighted by atomic mass is 10.2. The molecule has 0 aliphatic heterocycles. The largest absolute Gasteiger partial charge is 0.332 e. The molecule has 2 nitrogen and oxygen atoms in total. The van der Waals surface area contributed by atoms with Gasteiger partial charge < -0.3 is 4.57 Å². The van der Waals surface area contributed by atoms with Gasteiger partial charge in [0.2, 0.25) is 0 Å². The van der Waals surface area contributed by atoms with Crippen LogP contribution in [0.4, 0.5) is 0 Å². The Morgan fingerprint density at radius 2 is 2.07 bits per heavy atom. The minimum Gasteiger partial charge on any atom is -0.332 e. The highest BCUT2D eigenvalue weighted by atomic mass is 15.0. The van der Waals surface area contributed by atoms with Gasteiger partial charge in [0.1, 0.15) is 5.69 Å². The summed E-state index contributed by atoms with van der Waals surface area (Å²) < 4.78 is 2.04. The Morgan fingerprint density at radius 1 is 1.27 bits per heavy atom. The first kappa shape index (κ1) is 9.54. The van der Waals surface area contributed by atoms with E-state index in [2.05, 4.69) is 29.0 Å². The number of nitrogens with zero attached hydrogens (tertiary/aromatic N) is 2. The normalized spacial score (nSPS) is 9.40. The number of aromatic nitrogens is 2. The molecule has 1 aromatic heterocycles. The summed E-state index contributed by atoms with van der Waals surface area (Å²) in [6.07, 6.45) is 3.77. The van der Waals surface area contributed by atoms with Crippen LogP contribution in [-0.2, 0) is 6.54 Å². The van der Waals surface area contributed by atoms with Crippen molar-refractivity contribution in [1.29, 1.82) is 0 Å². The average molecular weight is 196 g/mol. The number of hydrogen-bond donors (Lipinski definition) is 0. The second-order valence-corrected chi connectivity index (χ2v) is 3.29. The molecule has 0 unspecified atom stereocenters. The van der Waals surface area contributed by atoms with Gasteiger partial charge in [0.15, 0.2) is 0 Å². The summed E-state index contributed by atoms with van der Waals surface area (Å²) in [5, 5.41) is 0. The van der Waals surface area contributed by atoms with Crippen LogP contribution in [-0.4, -0.2) is 9.55 Å². The van der Waals surface area contributed by atoms with Crippen LogP contribution in [0.3, 0.4) is 0 Å². The second kappa shape index (κ2) is 4.47. The predicted molar refractivity (Wildman–Crippen MR) is 60.3 cm³/mol. The topological polar surface area (TPSA) is 17.8 Å². The fourth-order valence-corrected chi connectivity index (χ4v) is 1.43. The van der Waals surface area contributed by atoms with Crippen molar-refractivity contribution in [2.45, 2.75) is 13.5 Å². The second-order valence-electron chi connectivity index (χ2n) is 3.29. The van der Waals surface area contributed by atoms with Gasteiger partial charge in [-0.2, -0.15) is 0 Å². The SMILES string of the molecule is CC#Cc1cn(Cc2ccccc2)cn1. The summed E-state index contributed by atoms with van der Waals surface area (Å²) in [6, 6.07) is 10.3. The van der Waals surface area contributed by atoms with Crippen LogP contribution in [0.2, 0.25) is 0 Å². The van der Waals surface area contributed by atoms with E-state index in [0.29, 0.717) is 0 Å². The van der Waals surface area contributed by atoms with E-state index in [1.165, 1.54) is 5.56 Å². The summed E-state index contributed by atoms with van der Waals surface area (Å²) >= 11 is 0. The third-order valence-electron chi connectivity index (χ3n) is 2.09. The number of hydrogen-bond acceptors (Lipinski definition) is 1. The Bertz CT molecular complexity index is 486. The highest BCUT2D eigenvalue weighted by Crippen LogP contribution is 2.03. The molecule has 0 spiro atoms. The minimum atomic E-state index is 0.827. The van der Waals surface area contributed by atoms with E-state index in [-0.39, 0.29) is 0 Å². The van der Waals surface area contributed by atoms with Gasteiger partial charge in [0, 0.05) is 12.7 Å². The molecule has 15 heavy (non-hydrogen) atoms. The molecule has 1 aromatic carbocycles. The minimum absolute atomic E-state index is 0.827. The van der Waals surface area contributed by atoms with Crippen LogP contribution in [0.15, 0.2) is 42.9 Å². The molecule has 2 heteroatoms. The van der Waals surface area contributed by atoms with E-state index in [4.69, 9.17) is 0 Å². The standard InChI is InChI=1S/C13H12N2/c1-2-6-13-10-15(11-14-13)9-12-7-4-3-5-8-12/h3-5,7-8,10-11H,9H2,1H3. The lowest BCUT2D eigenvalue weighted by Crippen LogP contribution is -1.95. The van der Waals surface area contributed by atoms with Crippen molar-refractivity contribution in [2.24, 2.45) is 0 Å². The fraction of sp³-hybridized carbons (Fsp3) is 0.154. The molecule has 0 aliphatic carbocycles. The quantitative estimate of drug-likeness (QED) is 0.674. The molecule has 0 aliphatic rings. The number of benzene rings is 1. The van der Waals surface area contributed by atoms with Crippen LogP contribution >= 0.6 is 0 Å². The van der Waals surface area contributed by atoms with Crippen molar-refractivity contribution >= 4 is 0 Å². The maximum Gasteiger partial charge on any atom is 0.131 e. The first-order valence-electron chi connectivity index (χ1n) is 4.87. The lowest BCUT2D eigenvalue weighted by molar-refractivity contribution is 0.797. The van der Waals surface area contributed by atoms with Gasteiger partial charge >= 0.3 is 0 Å². The molecule has 74 valence electrons. The van der Waals surface area contributed by atoms with E-state index < -0.39 is 0 Å². The van der Waals surface area contributed by atoms with Crippen molar-refractivity contribution < 1.29 is 0 Å². The molecule has 0 bridgehead atoms. The van der Waals surface area contributed by atoms with Crippen molar-refractivity contribution in [3.63, 3.8) is 0 Å². The van der Waals surface area contributed by atoms with Crippen molar-refractivity contribution in [2.75, 3.05) is 0 Å². The third-order valence-corrected chi connectivity index (χ3v) is 2.09. The Kier molecular flexibility index (Phi) is 2.85. The highest BCUT2D eigenvalue weighted by molar-refractivity contribution is 5.24. The maximum absolute atomic E-state index is 4.19. The molecular weight excluding hydrogens is 184 g/mol. The van der Waals surface area contributed by atoms with Crippen molar-refractivity contribution in [1.82, 2.24) is 9.55 Å². The molecule has 0 N–H and O–H groups in total. The van der Waals surface area contributed by atoms with E-state index >= 15 is 0 Å². The van der Waals surface area contributed by atoms with Gasteiger partial charge in [-0.3, -0.25) is 0 Å². The summed E-state index contributed by atoms with van der Waals surface area (Å²) in [4.78, 5) is 4.19. The zero-order valence-electron chi connectivity index (χ0n) is 8.64. The smallest absolute Gasteiger partial charge is 0.131 e. The van der Waals surface area contributed by atoms with E-state index in [0.717, 1.165) is 12.2 Å². The van der Waals surface area contributed by atoms with Gasteiger partial charge in [-0.1, -0.05) is 36.3 Å². The molecule has 1 heterocycles. The van der Waals surface area contributed by atoms with Gasteiger partial charge in [0.05, 0.1) is 6.33 Å². The first-order chi connectivity index (χ1) is 7.38. The molecule has 0 saturated carbocycles. The first-order valence-corrected chi connectivity index (χ1v) is 4.87. The van der Waals surface area contributed by atoms with Gasteiger partial charge in [-0.05, 0) is 18.4 Å². The molecule has 0 atom stereocenters. The van der Waals surface area contributed by atoms with Gasteiger partial charge in [-0.15, -0.1) is 0 Å². The Morgan fingerprint density at radius 3 is 2.80 bits per heavy atom. The summed E-state index contributed by atoms with van der Waals surface area (Å²) in [6.45, 7) is 2.66. The van der Waals surface area contributed by atoms with E-state index in [9.17, 15) is 0 Å². The van der Waals surface area contributed by atoms with Gasteiger partial charge in [-0.25, -0.2) is 4.98 Å². The maximum atomic E-state index is 4.19. The zero-order valence-corrected chi connectivity index (χ0v) is 8.64. The summed E-state index contributed by atoms with van der Waals surface area (Å²) in [7, 11) is 0. The third kappa shape index (κ3) is 2.47. The van der Waals surface area contributed by atoms with Crippen LogP contribution in [0.5, 0.6) is 0 Å². The molecule has 0 fully saturated rings. The Balaban J connectivity index is 2.14. The monoisotopic (exact) mass is 196 g/mol. The Hall–Kier alpha value is -2.01. The van der Waals surface area contributed by atoms with Crippen LogP contribution in [0.1, 0.15) is 18.2 Å². The number of imidazole rings is 1. The molecule has 0 radical (unpaired) electrons. The van der Waals surface area contributed by atoms with Crippen LogP contribution in [0, 0.1) is 11.8 Å². The average Bonchev–Trinajstić information content (AvgIpc) is 2.68. The molecule has 0 saturated heterocycles. The highest BCUT2D eigenvalue weighted by Gasteiger charge is 1.96. The molecule has 2 rings (SSSR count). The fourth-order valence-electron chi connectivity index (χ4n) is 1.43. The van der Waals surface area contributed by atoms with Gasteiger partial charge in [0.25, 0.3) is 0 Å². The van der Waals surface area contributed by atoms with Crippen LogP contribution in [0.25, 0.3) is 0 Å². The van der Waals surface area contributed by atoms with Crippen molar-refractivity contribution in [3.05, 3.63) is 54.1 Å². The molecule has 2 aromatic rings. The van der Waals surface area contributed by atoms with Crippen LogP contribution < -0.4 is 0 Å². The Labute approximate surface area is 89.6 Å². The number of rotatable bonds is 2. The van der Waals surface area contributed by atoms with E-state index in [1.54, 1.807) is 0 Å². The van der Waals surface area contributed by atoms with E-state index in [1.807, 2.05) is 42.2 Å². The molecular formula is C13H12N2. The van der Waals surface area contributed by atoms with Crippen molar-refractivity contribution in [3.8, 4) is 11.8 Å². The zero-order chi connectivity index (χ0) is 10.5. The summed E-state index contributed by atoms with van der Waals surface area (Å²) in [5.41, 5.74) is 2.10. The predicted octanol–water partition coefficient (Wildman–Crippen LogP) is 2.30. The summed E-state index contributed by atoms with van der Waals surface area (Å²) in [5.74, 6) is 5.77.